The van der Waals surface area contributed by atoms with Crippen LogP contribution in [0.1, 0.15) is 28.4 Å². The molecule has 0 aromatic heterocycles. The van der Waals surface area contributed by atoms with Crippen LogP contribution in [0.2, 0.25) is 0 Å². The zero-order valence-corrected chi connectivity index (χ0v) is 18.8. The normalized spacial score (nSPS) is 13.1. The van der Waals surface area contributed by atoms with Crippen molar-refractivity contribution in [2.45, 2.75) is 6.92 Å². The summed E-state index contributed by atoms with van der Waals surface area (Å²) in [6.45, 7) is 2.32. The summed E-state index contributed by atoms with van der Waals surface area (Å²) in [6.07, 6.45) is 0. The summed E-state index contributed by atoms with van der Waals surface area (Å²) in [4.78, 5) is 31.1. The highest BCUT2D eigenvalue weighted by Gasteiger charge is 2.31. The number of methoxy groups -OCH3 is 2. The first-order valence-corrected chi connectivity index (χ1v) is 10.6. The van der Waals surface area contributed by atoms with Gasteiger partial charge in [0.15, 0.2) is 0 Å². The van der Waals surface area contributed by atoms with Crippen molar-refractivity contribution in [1.82, 2.24) is 0 Å². The summed E-state index contributed by atoms with van der Waals surface area (Å²) in [7, 11) is 3.18. The molecule has 1 aliphatic heterocycles. The molecule has 0 radical (unpaired) electrons. The van der Waals surface area contributed by atoms with Crippen LogP contribution in [0.15, 0.2) is 65.7 Å². The largest absolute Gasteiger partial charge is 0.496 e. The van der Waals surface area contributed by atoms with Crippen LogP contribution in [0.25, 0.3) is 11.1 Å². The van der Waals surface area contributed by atoms with Crippen molar-refractivity contribution < 1.29 is 19.1 Å². The number of nitrogens with zero attached hydrogens (tertiary/aromatic N) is 2. The van der Waals surface area contributed by atoms with Crippen molar-refractivity contribution in [1.29, 1.82) is 0 Å². The van der Waals surface area contributed by atoms with Gasteiger partial charge in [-0.15, -0.1) is 0 Å². The number of nitrogens with two attached hydrogens (primary N) is 1. The molecule has 0 saturated heterocycles. The summed E-state index contributed by atoms with van der Waals surface area (Å²) in [5.41, 5.74) is 10.0. The van der Waals surface area contributed by atoms with Crippen LogP contribution >= 0.6 is 0 Å². The van der Waals surface area contributed by atoms with E-state index in [1.165, 1.54) is 0 Å². The van der Waals surface area contributed by atoms with E-state index in [0.717, 1.165) is 11.1 Å². The first-order chi connectivity index (χ1) is 16.0. The number of ether oxygens (including phenoxy) is 2. The minimum atomic E-state index is -0.538. The molecule has 33 heavy (non-hydrogen) atoms. The molecule has 3 aromatic rings. The average Bonchev–Trinajstić information content (AvgIpc) is 2.98. The number of anilines is 1. The fourth-order valence-electron chi connectivity index (χ4n) is 4.15. The number of carbonyl (C=O) groups is 2. The second-order valence-corrected chi connectivity index (χ2v) is 7.50. The monoisotopic (exact) mass is 443 g/mol. The summed E-state index contributed by atoms with van der Waals surface area (Å²) < 4.78 is 11.7. The van der Waals surface area contributed by atoms with Crippen molar-refractivity contribution in [3.05, 3.63) is 77.4 Å². The maximum atomic E-state index is 13.0. The molecule has 0 bridgehead atoms. The zero-order valence-electron chi connectivity index (χ0n) is 18.8. The van der Waals surface area contributed by atoms with Gasteiger partial charge in [0, 0.05) is 23.7 Å². The second kappa shape index (κ2) is 9.16. The molecule has 0 fully saturated rings. The van der Waals surface area contributed by atoms with Gasteiger partial charge in [0.25, 0.3) is 0 Å². The second-order valence-electron chi connectivity index (χ2n) is 7.50. The van der Waals surface area contributed by atoms with E-state index in [2.05, 4.69) is 4.99 Å². The molecule has 0 aliphatic carbocycles. The Hall–Kier alpha value is -4.13. The summed E-state index contributed by atoms with van der Waals surface area (Å²) in [6, 6.07) is 18.5. The SMILES string of the molecule is CCN1C(=O)CN=C(c2cccc(C(N)=O)c2)c2c1cc(OC)c(-c1ccccc1)c2OC. The van der Waals surface area contributed by atoms with E-state index < -0.39 is 5.91 Å². The Balaban J connectivity index is 2.09. The number of primary amides is 1. The highest BCUT2D eigenvalue weighted by molar-refractivity contribution is 6.22. The smallest absolute Gasteiger partial charge is 0.248 e. The Morgan fingerprint density at radius 1 is 1.00 bits per heavy atom. The Labute approximate surface area is 192 Å². The highest BCUT2D eigenvalue weighted by Crippen LogP contribution is 2.47. The number of aliphatic imine (C=N–C) groups is 1. The third-order valence-electron chi connectivity index (χ3n) is 5.65. The van der Waals surface area contributed by atoms with E-state index in [9.17, 15) is 9.59 Å². The average molecular weight is 444 g/mol. The number of amides is 2. The van der Waals surface area contributed by atoms with Gasteiger partial charge in [-0.25, -0.2) is 0 Å². The first-order valence-electron chi connectivity index (χ1n) is 10.6. The van der Waals surface area contributed by atoms with Crippen LogP contribution in [-0.2, 0) is 4.79 Å². The molecule has 0 spiro atoms. The predicted octanol–water partition coefficient (Wildman–Crippen LogP) is 3.67. The van der Waals surface area contributed by atoms with E-state index in [-0.39, 0.29) is 12.5 Å². The van der Waals surface area contributed by atoms with Crippen molar-refractivity contribution in [2.24, 2.45) is 10.7 Å². The van der Waals surface area contributed by atoms with Gasteiger partial charge >= 0.3 is 0 Å². The minimum absolute atomic E-state index is 0.0369. The number of carbonyl (C=O) groups excluding carboxylic acids is 2. The molecular formula is C26H25N3O4. The summed E-state index contributed by atoms with van der Waals surface area (Å²) in [5, 5.41) is 0. The molecule has 0 unspecified atom stereocenters. The van der Waals surface area contributed by atoms with E-state index in [4.69, 9.17) is 15.2 Å². The molecule has 0 saturated carbocycles. The third kappa shape index (κ3) is 3.93. The Morgan fingerprint density at radius 2 is 1.73 bits per heavy atom. The van der Waals surface area contributed by atoms with Crippen molar-refractivity contribution >= 4 is 23.2 Å². The van der Waals surface area contributed by atoms with Gasteiger partial charge in [-0.2, -0.15) is 0 Å². The summed E-state index contributed by atoms with van der Waals surface area (Å²) >= 11 is 0. The van der Waals surface area contributed by atoms with Gasteiger partial charge in [-0.3, -0.25) is 14.6 Å². The zero-order chi connectivity index (χ0) is 23.5. The topological polar surface area (TPSA) is 94.2 Å². The molecule has 0 atom stereocenters. The van der Waals surface area contributed by atoms with Crippen LogP contribution in [0.3, 0.4) is 0 Å². The van der Waals surface area contributed by atoms with Crippen LogP contribution in [-0.4, -0.2) is 44.8 Å². The molecule has 2 amide bonds. The fraction of sp³-hybridized carbons (Fsp3) is 0.192. The van der Waals surface area contributed by atoms with E-state index >= 15 is 0 Å². The van der Waals surface area contributed by atoms with Crippen molar-refractivity contribution in [3.8, 4) is 22.6 Å². The lowest BCUT2D eigenvalue weighted by Gasteiger charge is -2.26. The molecule has 4 rings (SSSR count). The van der Waals surface area contributed by atoms with Gasteiger partial charge in [-0.1, -0.05) is 42.5 Å². The van der Waals surface area contributed by atoms with Gasteiger partial charge in [0.1, 0.15) is 18.0 Å². The Morgan fingerprint density at radius 3 is 2.36 bits per heavy atom. The minimum Gasteiger partial charge on any atom is -0.496 e. The maximum absolute atomic E-state index is 13.0. The van der Waals surface area contributed by atoms with Crippen LogP contribution in [0.5, 0.6) is 11.5 Å². The maximum Gasteiger partial charge on any atom is 0.248 e. The van der Waals surface area contributed by atoms with Gasteiger partial charge < -0.3 is 20.1 Å². The number of benzodiazepines with no additional fused rings is 1. The molecule has 2 N–H and O–H groups in total. The van der Waals surface area contributed by atoms with Crippen molar-refractivity contribution in [2.75, 3.05) is 32.2 Å². The molecule has 1 aliphatic rings. The standard InChI is InChI=1S/C26H25N3O4/c1-4-29-19-14-20(32-2)22(16-9-6-5-7-10-16)25(33-3)23(19)24(28-15-21(29)30)17-11-8-12-18(13-17)26(27)31/h5-14H,4,15H2,1-3H3,(H2,27,31). The Bertz CT molecular complexity index is 1250. The first kappa shape index (κ1) is 22.1. The number of fused-ring (bicyclic) bond motifs is 1. The lowest BCUT2D eigenvalue weighted by Crippen LogP contribution is -2.32. The van der Waals surface area contributed by atoms with E-state index in [0.29, 0.717) is 46.1 Å². The quantitative estimate of drug-likeness (QED) is 0.629. The third-order valence-corrected chi connectivity index (χ3v) is 5.65. The lowest BCUT2D eigenvalue weighted by molar-refractivity contribution is -0.117. The highest BCUT2D eigenvalue weighted by atomic mass is 16.5. The summed E-state index contributed by atoms with van der Waals surface area (Å²) in [5.74, 6) is 0.433. The Kier molecular flexibility index (Phi) is 6.13. The van der Waals surface area contributed by atoms with Crippen molar-refractivity contribution in [3.63, 3.8) is 0 Å². The number of hydrogen-bond acceptors (Lipinski definition) is 5. The molecule has 7 nitrogen and oxygen atoms in total. The van der Waals surface area contributed by atoms with E-state index in [1.807, 2.05) is 49.4 Å². The number of likely N-dealkylation sites (N-methyl/N-ethyl adjacent to an activating group) is 1. The molecule has 3 aromatic carbocycles. The van der Waals surface area contributed by atoms with Gasteiger partial charge in [-0.05, 0) is 24.6 Å². The molecule has 1 heterocycles. The number of rotatable bonds is 6. The number of benzene rings is 3. The molecule has 7 heteroatoms. The van der Waals surface area contributed by atoms with Gasteiger partial charge in [0.05, 0.1) is 36.7 Å². The molecular weight excluding hydrogens is 418 g/mol. The lowest BCUT2D eigenvalue weighted by atomic mass is 9.92. The predicted molar refractivity (Wildman–Crippen MR) is 128 cm³/mol. The van der Waals surface area contributed by atoms with Crippen LogP contribution < -0.4 is 20.1 Å². The molecule has 168 valence electrons. The fourth-order valence-corrected chi connectivity index (χ4v) is 4.15. The van der Waals surface area contributed by atoms with Crippen LogP contribution in [0, 0.1) is 0 Å². The van der Waals surface area contributed by atoms with Gasteiger partial charge in [0.2, 0.25) is 11.8 Å². The number of hydrogen-bond donors (Lipinski definition) is 1. The van der Waals surface area contributed by atoms with E-state index in [1.54, 1.807) is 37.3 Å². The van der Waals surface area contributed by atoms with Crippen LogP contribution in [0.4, 0.5) is 5.69 Å².